The van der Waals surface area contributed by atoms with Crippen molar-refractivity contribution in [3.05, 3.63) is 35.6 Å². The molecule has 2 aromatic rings. The van der Waals surface area contributed by atoms with Gasteiger partial charge >= 0.3 is 0 Å². The summed E-state index contributed by atoms with van der Waals surface area (Å²) >= 11 is 1.31. The van der Waals surface area contributed by atoms with Crippen molar-refractivity contribution in [2.24, 2.45) is 0 Å². The Morgan fingerprint density at radius 3 is 2.92 bits per heavy atom. The molecule has 0 N–H and O–H groups in total. The molecular weight excluding hydrogens is 357 g/mol. The lowest BCUT2D eigenvalue weighted by Gasteiger charge is -2.25. The number of carbonyl (C=O) groups excluding carboxylic acids is 1. The van der Waals surface area contributed by atoms with Gasteiger partial charge in [-0.15, -0.1) is 5.10 Å². The maximum atomic E-state index is 13.1. The molecule has 2 heterocycles. The van der Waals surface area contributed by atoms with Crippen LogP contribution in [0.25, 0.3) is 0 Å². The number of rotatable bonds is 7. The predicted octanol–water partition coefficient (Wildman–Crippen LogP) is 2.30. The van der Waals surface area contributed by atoms with Gasteiger partial charge in [0.2, 0.25) is 11.1 Å². The highest BCUT2D eigenvalue weighted by molar-refractivity contribution is 7.99. The molecule has 7 nitrogen and oxygen atoms in total. The van der Waals surface area contributed by atoms with Gasteiger partial charge in [-0.05, 0) is 47.9 Å². The Bertz CT molecular complexity index is 733. The predicted molar refractivity (Wildman–Crippen MR) is 95.1 cm³/mol. The summed E-state index contributed by atoms with van der Waals surface area (Å²) in [6.45, 7) is 3.29. The smallest absolute Gasteiger partial charge is 0.233 e. The molecule has 1 amide bonds. The number of ether oxygens (including phenoxy) is 1. The number of halogens is 1. The molecule has 2 atom stereocenters. The third-order valence-corrected chi connectivity index (χ3v) is 5.49. The summed E-state index contributed by atoms with van der Waals surface area (Å²) in [4.78, 5) is 14.2. The zero-order valence-electron chi connectivity index (χ0n) is 14.8. The zero-order chi connectivity index (χ0) is 18.5. The molecule has 3 rings (SSSR count). The van der Waals surface area contributed by atoms with Gasteiger partial charge in [-0.25, -0.2) is 9.07 Å². The lowest BCUT2D eigenvalue weighted by atomic mass is 10.1. The minimum atomic E-state index is -0.288. The fourth-order valence-electron chi connectivity index (χ4n) is 2.80. The number of thioether (sulfide) groups is 1. The third kappa shape index (κ3) is 4.59. The van der Waals surface area contributed by atoms with Gasteiger partial charge in [0, 0.05) is 13.7 Å². The standard InChI is InChI=1S/C17H22FN5O2S/c1-12(13-5-7-14(18)8-6-13)22(2)16(24)11-26-17-19-20-21-23(17)10-15-4-3-9-25-15/h5-8,12,15H,3-4,9-11H2,1-2H3. The lowest BCUT2D eigenvalue weighted by molar-refractivity contribution is -0.128. The first kappa shape index (κ1) is 18.8. The zero-order valence-corrected chi connectivity index (χ0v) is 15.7. The molecular formula is C17H22FN5O2S. The molecule has 1 aromatic heterocycles. The average molecular weight is 379 g/mol. The number of benzene rings is 1. The first-order valence-electron chi connectivity index (χ1n) is 8.56. The summed E-state index contributed by atoms with van der Waals surface area (Å²) in [6, 6.07) is 6.04. The Balaban J connectivity index is 1.55. The molecule has 0 aliphatic carbocycles. The molecule has 0 spiro atoms. The molecule has 1 fully saturated rings. The van der Waals surface area contributed by atoms with E-state index >= 15 is 0 Å². The molecule has 26 heavy (non-hydrogen) atoms. The van der Waals surface area contributed by atoms with Crippen LogP contribution >= 0.6 is 11.8 Å². The topological polar surface area (TPSA) is 73.1 Å². The van der Waals surface area contributed by atoms with E-state index in [0.29, 0.717) is 11.7 Å². The van der Waals surface area contributed by atoms with Crippen LogP contribution in [0, 0.1) is 5.82 Å². The Labute approximate surface area is 155 Å². The normalized spacial score (nSPS) is 18.0. The van der Waals surface area contributed by atoms with Gasteiger partial charge in [-0.1, -0.05) is 23.9 Å². The van der Waals surface area contributed by atoms with E-state index in [-0.39, 0.29) is 29.6 Å². The van der Waals surface area contributed by atoms with Gasteiger partial charge in [-0.3, -0.25) is 4.79 Å². The molecule has 1 saturated heterocycles. The summed E-state index contributed by atoms with van der Waals surface area (Å²) in [6.07, 6.45) is 2.19. The van der Waals surface area contributed by atoms with Gasteiger partial charge in [0.05, 0.1) is 24.4 Å². The van der Waals surface area contributed by atoms with E-state index in [1.165, 1.54) is 23.9 Å². The van der Waals surface area contributed by atoms with E-state index in [2.05, 4.69) is 15.5 Å². The quantitative estimate of drug-likeness (QED) is 0.688. The molecule has 9 heteroatoms. The summed E-state index contributed by atoms with van der Waals surface area (Å²) in [5, 5.41) is 12.3. The van der Waals surface area contributed by atoms with Gasteiger partial charge in [0.1, 0.15) is 5.82 Å². The fraction of sp³-hybridized carbons (Fsp3) is 0.529. The lowest BCUT2D eigenvalue weighted by Crippen LogP contribution is -2.31. The summed E-state index contributed by atoms with van der Waals surface area (Å²) in [7, 11) is 1.74. The Kier molecular flexibility index (Phi) is 6.20. The van der Waals surface area contributed by atoms with E-state index in [1.807, 2.05) is 6.92 Å². The van der Waals surface area contributed by atoms with Crippen molar-refractivity contribution in [2.45, 2.75) is 43.6 Å². The van der Waals surface area contributed by atoms with Crippen molar-refractivity contribution >= 4 is 17.7 Å². The molecule has 0 bridgehead atoms. The number of amides is 1. The second-order valence-electron chi connectivity index (χ2n) is 6.30. The monoisotopic (exact) mass is 379 g/mol. The van der Waals surface area contributed by atoms with Crippen molar-refractivity contribution < 1.29 is 13.9 Å². The van der Waals surface area contributed by atoms with Crippen LogP contribution in [0.5, 0.6) is 0 Å². The Morgan fingerprint density at radius 1 is 1.46 bits per heavy atom. The number of tetrazole rings is 1. The first-order chi connectivity index (χ1) is 12.5. The van der Waals surface area contributed by atoms with Crippen molar-refractivity contribution in [1.29, 1.82) is 0 Å². The molecule has 0 radical (unpaired) electrons. The van der Waals surface area contributed by atoms with Crippen LogP contribution in [0.15, 0.2) is 29.4 Å². The van der Waals surface area contributed by atoms with Crippen LogP contribution in [0.2, 0.25) is 0 Å². The van der Waals surface area contributed by atoms with Gasteiger partial charge in [-0.2, -0.15) is 0 Å². The first-order valence-corrected chi connectivity index (χ1v) is 9.55. The third-order valence-electron chi connectivity index (χ3n) is 4.55. The van der Waals surface area contributed by atoms with Gasteiger partial charge < -0.3 is 9.64 Å². The second kappa shape index (κ2) is 8.59. The van der Waals surface area contributed by atoms with E-state index in [9.17, 15) is 9.18 Å². The van der Waals surface area contributed by atoms with Crippen molar-refractivity contribution in [3.8, 4) is 0 Å². The highest BCUT2D eigenvalue weighted by Gasteiger charge is 2.21. The summed E-state index contributed by atoms with van der Waals surface area (Å²) in [5.41, 5.74) is 0.885. The van der Waals surface area contributed by atoms with Gasteiger partial charge in [0.25, 0.3) is 0 Å². The van der Waals surface area contributed by atoms with Crippen molar-refractivity contribution in [2.75, 3.05) is 19.4 Å². The highest BCUT2D eigenvalue weighted by Crippen LogP contribution is 2.22. The Morgan fingerprint density at radius 2 is 2.23 bits per heavy atom. The van der Waals surface area contributed by atoms with E-state index in [4.69, 9.17) is 4.74 Å². The molecule has 0 saturated carbocycles. The maximum Gasteiger partial charge on any atom is 0.233 e. The molecule has 140 valence electrons. The van der Waals surface area contributed by atoms with E-state index < -0.39 is 0 Å². The summed E-state index contributed by atoms with van der Waals surface area (Å²) < 4.78 is 20.4. The van der Waals surface area contributed by atoms with E-state index in [1.54, 1.807) is 28.8 Å². The van der Waals surface area contributed by atoms with E-state index in [0.717, 1.165) is 25.0 Å². The van der Waals surface area contributed by atoms with Crippen LogP contribution in [-0.2, 0) is 16.1 Å². The number of hydrogen-bond donors (Lipinski definition) is 0. The largest absolute Gasteiger partial charge is 0.376 e. The van der Waals surface area contributed by atoms with Crippen molar-refractivity contribution in [1.82, 2.24) is 25.1 Å². The number of nitrogens with zero attached hydrogens (tertiary/aromatic N) is 5. The minimum Gasteiger partial charge on any atom is -0.376 e. The molecule has 2 unspecified atom stereocenters. The SMILES string of the molecule is CC(c1ccc(F)cc1)N(C)C(=O)CSc1nnnn1CC1CCCO1. The van der Waals surface area contributed by atoms with Gasteiger partial charge in [0.15, 0.2) is 0 Å². The van der Waals surface area contributed by atoms with Crippen LogP contribution in [0.1, 0.15) is 31.4 Å². The molecule has 1 aliphatic heterocycles. The second-order valence-corrected chi connectivity index (χ2v) is 7.24. The highest BCUT2D eigenvalue weighted by atomic mass is 32.2. The average Bonchev–Trinajstić information content (AvgIpc) is 3.31. The van der Waals surface area contributed by atoms with Crippen molar-refractivity contribution in [3.63, 3.8) is 0 Å². The van der Waals surface area contributed by atoms with Crippen LogP contribution in [0.3, 0.4) is 0 Å². The maximum absolute atomic E-state index is 13.1. The fourth-order valence-corrected chi connectivity index (χ4v) is 3.62. The number of carbonyl (C=O) groups is 1. The van der Waals surface area contributed by atoms with Crippen LogP contribution in [0.4, 0.5) is 4.39 Å². The molecule has 1 aromatic carbocycles. The van der Waals surface area contributed by atoms with Crippen LogP contribution in [-0.4, -0.2) is 56.5 Å². The summed E-state index contributed by atoms with van der Waals surface area (Å²) in [5.74, 6) is -0.101. The number of hydrogen-bond acceptors (Lipinski definition) is 6. The number of aromatic nitrogens is 4. The minimum absolute atomic E-state index is 0.0431. The molecule has 1 aliphatic rings. The Hall–Kier alpha value is -2.00. The van der Waals surface area contributed by atoms with Crippen LogP contribution < -0.4 is 0 Å².